The Balaban J connectivity index is 1.16. The SMILES string of the molecule is O=C(NCCN1CCOCC1)C1=CN2C3CCCCC3OC3C(NCCN4CCOCC4)C(F)CC(C1=O)C32. The molecule has 7 unspecified atom stereocenters. The molecule has 10 nitrogen and oxygen atoms in total. The lowest BCUT2D eigenvalue weighted by Crippen LogP contribution is -2.73. The number of amides is 1. The number of nitrogens with one attached hydrogen (secondary N) is 2. The summed E-state index contributed by atoms with van der Waals surface area (Å²) in [5, 5.41) is 6.44. The molecule has 0 bridgehead atoms. The molecular formula is C28H44FN5O5. The summed E-state index contributed by atoms with van der Waals surface area (Å²) in [4.78, 5) is 33.8. The first kappa shape index (κ1) is 27.5. The number of ketones is 1. The van der Waals surface area contributed by atoms with Gasteiger partial charge < -0.3 is 29.7 Å². The Morgan fingerprint density at radius 2 is 1.64 bits per heavy atom. The molecule has 0 spiro atoms. The Hall–Kier alpha value is -1.63. The molecule has 5 fully saturated rings. The minimum absolute atomic E-state index is 0.00965. The van der Waals surface area contributed by atoms with Crippen molar-refractivity contribution >= 4 is 11.7 Å². The maximum absolute atomic E-state index is 15.8. The van der Waals surface area contributed by atoms with Crippen LogP contribution in [0.4, 0.5) is 4.39 Å². The number of fused-ring (bicyclic) bond motifs is 2. The van der Waals surface area contributed by atoms with Crippen molar-refractivity contribution in [3.63, 3.8) is 0 Å². The number of hydrogen-bond acceptors (Lipinski definition) is 9. The molecule has 6 aliphatic rings. The van der Waals surface area contributed by atoms with Crippen LogP contribution in [0, 0.1) is 5.92 Å². The van der Waals surface area contributed by atoms with E-state index >= 15 is 4.39 Å². The first-order chi connectivity index (χ1) is 19.1. The van der Waals surface area contributed by atoms with Gasteiger partial charge in [0, 0.05) is 64.5 Å². The molecule has 6 rings (SSSR count). The van der Waals surface area contributed by atoms with Crippen molar-refractivity contribution in [3.8, 4) is 0 Å². The Labute approximate surface area is 230 Å². The van der Waals surface area contributed by atoms with Crippen LogP contribution in [0.2, 0.25) is 0 Å². The third-order valence-corrected chi connectivity index (χ3v) is 9.55. The Kier molecular flexibility index (Phi) is 8.81. The van der Waals surface area contributed by atoms with Gasteiger partial charge in [0.2, 0.25) is 0 Å². The highest BCUT2D eigenvalue weighted by Crippen LogP contribution is 2.45. The third kappa shape index (κ3) is 5.90. The second-order valence-electron chi connectivity index (χ2n) is 11.8. The molecular weight excluding hydrogens is 505 g/mol. The molecule has 4 heterocycles. The van der Waals surface area contributed by atoms with Gasteiger partial charge in [0.25, 0.3) is 5.91 Å². The standard InChI is InChI=1S/C28H44FN5O5/c29-21-17-19-25-27(24(21)30-5-7-32-9-13-37-14-10-32)39-23-4-2-1-3-22(23)34(25)18-20(26(19)35)28(36)31-6-8-33-11-15-38-16-12-33/h18-19,21-25,27,30H,1-17H2,(H,31,36). The second-order valence-corrected chi connectivity index (χ2v) is 11.8. The predicted molar refractivity (Wildman–Crippen MR) is 142 cm³/mol. The summed E-state index contributed by atoms with van der Waals surface area (Å²) < 4.78 is 33.3. The van der Waals surface area contributed by atoms with Crippen molar-refractivity contribution in [1.82, 2.24) is 25.3 Å². The summed E-state index contributed by atoms with van der Waals surface area (Å²) in [5.41, 5.74) is 0.175. The highest BCUT2D eigenvalue weighted by atomic mass is 19.1. The zero-order valence-electron chi connectivity index (χ0n) is 22.9. The number of nitrogens with zero attached hydrogens (tertiary/aromatic N) is 3. The Morgan fingerprint density at radius 3 is 2.36 bits per heavy atom. The fourth-order valence-electron chi connectivity index (χ4n) is 7.45. The summed E-state index contributed by atoms with van der Waals surface area (Å²) in [5.74, 6) is -1.16. The lowest BCUT2D eigenvalue weighted by atomic mass is 9.69. The van der Waals surface area contributed by atoms with Crippen molar-refractivity contribution < 1.29 is 28.2 Å². The molecule has 218 valence electrons. The monoisotopic (exact) mass is 549 g/mol. The summed E-state index contributed by atoms with van der Waals surface area (Å²) in [7, 11) is 0. The number of hydrogen-bond donors (Lipinski definition) is 2. The average Bonchev–Trinajstić information content (AvgIpc) is 2.96. The van der Waals surface area contributed by atoms with Crippen LogP contribution in [-0.2, 0) is 23.8 Å². The Bertz CT molecular complexity index is 911. The van der Waals surface area contributed by atoms with E-state index in [1.165, 1.54) is 0 Å². The molecule has 11 heteroatoms. The lowest BCUT2D eigenvalue weighted by Gasteiger charge is -2.59. The minimum Gasteiger partial charge on any atom is -0.379 e. The van der Waals surface area contributed by atoms with Crippen LogP contribution in [0.15, 0.2) is 11.8 Å². The van der Waals surface area contributed by atoms with Crippen molar-refractivity contribution in [2.45, 2.75) is 68.6 Å². The van der Waals surface area contributed by atoms with Crippen molar-refractivity contribution in [2.75, 3.05) is 78.8 Å². The van der Waals surface area contributed by atoms with E-state index in [-0.39, 0.29) is 41.9 Å². The first-order valence-corrected chi connectivity index (χ1v) is 15.0. The second kappa shape index (κ2) is 12.5. The Morgan fingerprint density at radius 1 is 0.974 bits per heavy atom. The van der Waals surface area contributed by atoms with E-state index in [1.54, 1.807) is 6.20 Å². The largest absolute Gasteiger partial charge is 0.379 e. The first-order valence-electron chi connectivity index (χ1n) is 15.0. The van der Waals surface area contributed by atoms with Crippen LogP contribution in [0.25, 0.3) is 0 Å². The van der Waals surface area contributed by atoms with E-state index in [9.17, 15) is 9.59 Å². The van der Waals surface area contributed by atoms with Crippen LogP contribution in [0.5, 0.6) is 0 Å². The van der Waals surface area contributed by atoms with Gasteiger partial charge in [-0.25, -0.2) is 4.39 Å². The molecule has 0 radical (unpaired) electrons. The normalized spacial score (nSPS) is 37.6. The highest BCUT2D eigenvalue weighted by Gasteiger charge is 2.58. The molecule has 4 aliphatic heterocycles. The van der Waals surface area contributed by atoms with E-state index in [1.807, 2.05) is 0 Å². The van der Waals surface area contributed by atoms with Gasteiger partial charge in [0.05, 0.1) is 62.3 Å². The average molecular weight is 550 g/mol. The van der Waals surface area contributed by atoms with Gasteiger partial charge in [-0.15, -0.1) is 0 Å². The van der Waals surface area contributed by atoms with E-state index in [4.69, 9.17) is 14.2 Å². The smallest absolute Gasteiger partial charge is 0.256 e. The number of carbonyl (C=O) groups is 2. The van der Waals surface area contributed by atoms with E-state index in [0.717, 1.165) is 78.2 Å². The quantitative estimate of drug-likeness (QED) is 0.404. The summed E-state index contributed by atoms with van der Waals surface area (Å²) >= 11 is 0. The topological polar surface area (TPSA) is 95.6 Å². The zero-order chi connectivity index (χ0) is 26.8. The summed E-state index contributed by atoms with van der Waals surface area (Å²) in [6, 6.07) is -0.589. The number of ether oxygens (including phenoxy) is 3. The molecule has 0 aromatic rings. The predicted octanol–water partition coefficient (Wildman–Crippen LogP) is -0.0696. The van der Waals surface area contributed by atoms with Gasteiger partial charge in [-0.1, -0.05) is 12.8 Å². The molecule has 39 heavy (non-hydrogen) atoms. The number of halogens is 1. The molecule has 2 N–H and O–H groups in total. The number of carbonyl (C=O) groups excluding carboxylic acids is 2. The van der Waals surface area contributed by atoms with Crippen LogP contribution < -0.4 is 10.6 Å². The third-order valence-electron chi connectivity index (χ3n) is 9.55. The molecule has 0 aromatic heterocycles. The summed E-state index contributed by atoms with van der Waals surface area (Å²) in [6.07, 6.45) is 4.34. The van der Waals surface area contributed by atoms with Gasteiger partial charge in [-0.3, -0.25) is 19.4 Å². The number of rotatable bonds is 8. The maximum atomic E-state index is 15.8. The van der Waals surface area contributed by atoms with Crippen molar-refractivity contribution in [2.24, 2.45) is 5.92 Å². The van der Waals surface area contributed by atoms with Crippen molar-refractivity contribution in [3.05, 3.63) is 11.8 Å². The van der Waals surface area contributed by atoms with E-state index < -0.39 is 24.2 Å². The van der Waals surface area contributed by atoms with Crippen LogP contribution in [-0.4, -0.2) is 142 Å². The fourth-order valence-corrected chi connectivity index (χ4v) is 7.45. The molecule has 2 saturated carbocycles. The highest BCUT2D eigenvalue weighted by molar-refractivity contribution is 6.20. The number of Topliss-reactive ketones (excluding diaryl/α,β-unsaturated/α-hetero) is 1. The number of alkyl halides is 1. The van der Waals surface area contributed by atoms with Gasteiger partial charge in [0.15, 0.2) is 5.78 Å². The molecule has 0 aromatic carbocycles. The van der Waals surface area contributed by atoms with Gasteiger partial charge >= 0.3 is 0 Å². The fraction of sp³-hybridized carbons (Fsp3) is 0.857. The maximum Gasteiger partial charge on any atom is 0.256 e. The number of morpholine rings is 3. The molecule has 3 saturated heterocycles. The molecule has 7 atom stereocenters. The lowest BCUT2D eigenvalue weighted by molar-refractivity contribution is -0.197. The van der Waals surface area contributed by atoms with E-state index in [0.29, 0.717) is 26.3 Å². The summed E-state index contributed by atoms with van der Waals surface area (Å²) in [6.45, 7) is 9.04. The van der Waals surface area contributed by atoms with Crippen LogP contribution >= 0.6 is 0 Å². The van der Waals surface area contributed by atoms with Gasteiger partial charge in [0.1, 0.15) is 6.17 Å². The molecule has 2 aliphatic carbocycles. The van der Waals surface area contributed by atoms with E-state index in [2.05, 4.69) is 25.3 Å². The van der Waals surface area contributed by atoms with Gasteiger partial charge in [-0.2, -0.15) is 0 Å². The van der Waals surface area contributed by atoms with Crippen LogP contribution in [0.3, 0.4) is 0 Å². The minimum atomic E-state index is -1.21. The van der Waals surface area contributed by atoms with Crippen LogP contribution in [0.1, 0.15) is 32.1 Å². The molecule has 1 amide bonds. The zero-order valence-corrected chi connectivity index (χ0v) is 22.9. The van der Waals surface area contributed by atoms with Gasteiger partial charge in [-0.05, 0) is 19.3 Å². The van der Waals surface area contributed by atoms with Crippen molar-refractivity contribution in [1.29, 1.82) is 0 Å².